The van der Waals surface area contributed by atoms with E-state index >= 15 is 0 Å². The molecule has 12 heteroatoms. The number of rotatable bonds is 89. The summed E-state index contributed by atoms with van der Waals surface area (Å²) in [5, 5.41) is 0. The number of para-hydroxylation sites is 3. The van der Waals surface area contributed by atoms with E-state index in [1.165, 1.54) is 397 Å². The Hall–Kier alpha value is -4.71. The Labute approximate surface area is 880 Å². The van der Waals surface area contributed by atoms with Gasteiger partial charge in [-0.25, -0.2) is 0 Å². The van der Waals surface area contributed by atoms with Crippen molar-refractivity contribution in [3.05, 3.63) is 176 Å². The van der Waals surface area contributed by atoms with Crippen LogP contribution in [0.3, 0.4) is 0 Å². The Kier molecular flexibility index (Phi) is 68.8. The van der Waals surface area contributed by atoms with Gasteiger partial charge in [-0.3, -0.25) is 4.52 Å². The molecule has 6 aromatic rings. The first-order valence-corrected chi connectivity index (χ1v) is 63.3. The summed E-state index contributed by atoms with van der Waals surface area (Å²) < 4.78 is 65.1. The highest BCUT2D eigenvalue weighted by Gasteiger charge is 2.35. The predicted molar refractivity (Wildman–Crippen MR) is 622 cm³/mol. The Morgan fingerprint density at radius 2 is 0.415 bits per heavy atom. The molecule has 9 nitrogen and oxygen atoms in total. The number of unbranched alkanes of at least 4 members (excludes halogenated alkanes) is 57. The fraction of sp³-hybridized carbons (Fsp3) is 0.723. The van der Waals surface area contributed by atoms with E-state index in [0.717, 1.165) is 135 Å². The summed E-state index contributed by atoms with van der Waals surface area (Å²) >= 11 is 0. The van der Waals surface area contributed by atoms with Gasteiger partial charge in [0.25, 0.3) is 0 Å². The molecule has 0 radical (unpaired) electrons. The second kappa shape index (κ2) is 77.6. The van der Waals surface area contributed by atoms with E-state index in [1.54, 1.807) is 0 Å². The molecular formula is C130H217O9P3. The normalized spacial score (nSPS) is 12.7. The first-order valence-electron chi connectivity index (χ1n) is 60.0. The molecule has 0 saturated heterocycles. The maximum Gasteiger partial charge on any atom is 0.530 e. The molecule has 0 spiro atoms. The minimum atomic E-state index is -2.01. The third-order valence-electron chi connectivity index (χ3n) is 29.6. The molecule has 3 unspecified atom stereocenters. The number of hydrogen-bond donors (Lipinski definition) is 0. The van der Waals surface area contributed by atoms with Gasteiger partial charge in [-0.1, -0.05) is 550 Å². The van der Waals surface area contributed by atoms with Crippen molar-refractivity contribution in [2.24, 2.45) is 0 Å². The maximum absolute atomic E-state index is 7.52. The maximum atomic E-state index is 7.52. The smallest absolute Gasteiger partial charge is 0.426 e. The molecule has 0 fully saturated rings. The van der Waals surface area contributed by atoms with Crippen LogP contribution in [0.5, 0.6) is 34.5 Å². The van der Waals surface area contributed by atoms with Gasteiger partial charge >= 0.3 is 25.8 Å². The number of benzene rings is 6. The highest BCUT2D eigenvalue weighted by Crippen LogP contribution is 2.54. The van der Waals surface area contributed by atoms with Crippen LogP contribution in [0, 0.1) is 20.8 Å². The van der Waals surface area contributed by atoms with Gasteiger partial charge in [-0.15, -0.1) is 0 Å². The van der Waals surface area contributed by atoms with Crippen LogP contribution in [0.25, 0.3) is 0 Å². The molecule has 0 aliphatic carbocycles. The molecule has 0 saturated carbocycles. The average molecular weight is 2020 g/mol. The lowest BCUT2D eigenvalue weighted by atomic mass is 9.74. The van der Waals surface area contributed by atoms with Crippen molar-refractivity contribution in [1.82, 2.24) is 0 Å². The van der Waals surface area contributed by atoms with Gasteiger partial charge in [0.15, 0.2) is 0 Å². The van der Waals surface area contributed by atoms with Crippen LogP contribution in [0.15, 0.2) is 109 Å². The third-order valence-corrected chi connectivity index (χ3v) is 32.8. The molecule has 0 heterocycles. The Balaban J connectivity index is 1.44. The molecule has 806 valence electrons. The van der Waals surface area contributed by atoms with Crippen molar-refractivity contribution in [3.8, 4) is 34.5 Å². The van der Waals surface area contributed by atoms with Crippen LogP contribution in [-0.2, 0) is 49.1 Å². The molecular weight excluding hydrogens is 1800 g/mol. The second-order valence-corrected chi connectivity index (χ2v) is 49.2. The van der Waals surface area contributed by atoms with Crippen LogP contribution in [0.1, 0.15) is 600 Å². The van der Waals surface area contributed by atoms with Crippen LogP contribution in [0.4, 0.5) is 0 Å². The molecule has 6 rings (SSSR count). The van der Waals surface area contributed by atoms with Crippen molar-refractivity contribution in [2.75, 3.05) is 19.8 Å². The third kappa shape index (κ3) is 54.1. The Bertz CT molecular complexity index is 4020. The van der Waals surface area contributed by atoms with E-state index in [9.17, 15) is 0 Å². The molecule has 0 bridgehead atoms. The van der Waals surface area contributed by atoms with Gasteiger partial charge in [-0.2, -0.15) is 0 Å². The highest BCUT2D eigenvalue weighted by molar-refractivity contribution is 7.43. The number of aryl methyl sites for hydroxylation is 6. The fourth-order valence-corrected chi connectivity index (χ4v) is 23.7. The van der Waals surface area contributed by atoms with Crippen molar-refractivity contribution in [2.45, 2.75) is 590 Å². The average Bonchev–Trinajstić information content (AvgIpc) is 0.755. The lowest BCUT2D eigenvalue weighted by molar-refractivity contribution is 0.197. The molecule has 6 aromatic carbocycles. The largest absolute Gasteiger partial charge is 0.530 e. The summed E-state index contributed by atoms with van der Waals surface area (Å²) in [7, 11) is -5.59. The highest BCUT2D eigenvalue weighted by atomic mass is 31.2. The van der Waals surface area contributed by atoms with E-state index in [4.69, 9.17) is 40.7 Å². The zero-order valence-electron chi connectivity index (χ0n) is 95.6. The van der Waals surface area contributed by atoms with Gasteiger partial charge in [-0.05, 0) is 194 Å². The number of hydrogen-bond acceptors (Lipinski definition) is 9. The van der Waals surface area contributed by atoms with E-state index in [2.05, 4.69) is 241 Å². The molecule has 142 heavy (non-hydrogen) atoms. The van der Waals surface area contributed by atoms with E-state index in [-0.39, 0.29) is 28.1 Å². The van der Waals surface area contributed by atoms with Crippen molar-refractivity contribution < 1.29 is 40.7 Å². The van der Waals surface area contributed by atoms with Gasteiger partial charge in [0.05, 0.1) is 19.8 Å². The summed E-state index contributed by atoms with van der Waals surface area (Å²) in [6.07, 6.45) is 85.2. The van der Waals surface area contributed by atoms with Crippen molar-refractivity contribution in [3.63, 3.8) is 0 Å². The first kappa shape index (κ1) is 126. The monoisotopic (exact) mass is 2020 g/mol. The molecule has 0 N–H and O–H groups in total. The first-order chi connectivity index (χ1) is 68.9. The van der Waals surface area contributed by atoms with E-state index in [0.29, 0.717) is 19.8 Å². The molecule has 0 aromatic heterocycles. The van der Waals surface area contributed by atoms with Gasteiger partial charge in [0, 0.05) is 22.6 Å². The van der Waals surface area contributed by atoms with Crippen molar-refractivity contribution >= 4 is 25.8 Å². The van der Waals surface area contributed by atoms with Gasteiger partial charge in [0.1, 0.15) is 34.5 Å². The van der Waals surface area contributed by atoms with Gasteiger partial charge < -0.3 is 36.2 Å². The zero-order valence-corrected chi connectivity index (χ0v) is 98.2. The quantitative estimate of drug-likeness (QED) is 0.0274. The zero-order chi connectivity index (χ0) is 102. The van der Waals surface area contributed by atoms with Crippen LogP contribution in [-0.4, -0.2) is 19.8 Å². The summed E-state index contributed by atoms with van der Waals surface area (Å²) in [6, 6.07) is 40.6. The van der Waals surface area contributed by atoms with E-state index in [1.807, 2.05) is 0 Å². The lowest BCUT2D eigenvalue weighted by Crippen LogP contribution is -2.19. The standard InChI is InChI=1S/C130H217O9P3/c1-20-26-32-38-44-47-50-53-56-59-62-68-74-86-98-131-140(132-99-87-75-69-63-60-57-54-51-48-45-39-33-27-21-2)137-125-103-110(9)116(106-120(125)129(14,15)16)118(117-107-121(130(17,18)19)126(104-111(117)10)138-141(133-100-88-76-70-64-61-58-55-52-49-46-40-34-28-22-3)134-122-95-83-80-92-112(122)89-77-71-65-41-35-29-23-4)101-108(7)115-105-119(128(11,12)13)127(102-109(115)8)139-142(135-123-96-84-81-93-113(123)90-78-72-66-42-36-30-24-5)136-124-97-85-82-94-114(124)91-79-73-67-43-37-31-25-6/h80-85,92-97,102-108,118H,20-79,86-91,98-101H2,1-19H3. The minimum absolute atomic E-state index is 0.0677. The second-order valence-electron chi connectivity index (χ2n) is 46.0. The molecule has 3 atom stereocenters. The van der Waals surface area contributed by atoms with Gasteiger partial charge in [0.2, 0.25) is 0 Å². The van der Waals surface area contributed by atoms with Crippen LogP contribution in [0.2, 0.25) is 0 Å². The van der Waals surface area contributed by atoms with E-state index < -0.39 is 25.8 Å². The summed E-state index contributed by atoms with van der Waals surface area (Å²) in [5.74, 6) is 5.03. The molecule has 0 aliphatic heterocycles. The van der Waals surface area contributed by atoms with Crippen LogP contribution < -0.4 is 27.1 Å². The van der Waals surface area contributed by atoms with Crippen LogP contribution >= 0.6 is 25.8 Å². The summed E-state index contributed by atoms with van der Waals surface area (Å²) in [4.78, 5) is 0. The minimum Gasteiger partial charge on any atom is -0.426 e. The lowest BCUT2D eigenvalue weighted by Gasteiger charge is -2.33. The SMILES string of the molecule is CCCCCCCCCCCCCCCCOP(OCCCCCCCCCCCCCCCC)Oc1cc(C)c(C(CC(C)c2cc(C(C)(C)C)c(OP(Oc3ccccc3CCCCCCCCC)Oc3ccccc3CCCCCCCCC)cc2C)c2cc(C(C)(C)C)c(OP(OCCCCCCCCCCCCCCCC)Oc3ccccc3CCCCCCCCC)cc2C)cc1C(C)(C)C. The summed E-state index contributed by atoms with van der Waals surface area (Å²) in [5.41, 5.74) is 13.5. The molecule has 0 aliphatic rings. The Morgan fingerprint density at radius 3 is 0.676 bits per heavy atom. The van der Waals surface area contributed by atoms with Crippen molar-refractivity contribution in [1.29, 1.82) is 0 Å². The Morgan fingerprint density at radius 1 is 0.218 bits per heavy atom. The molecule has 0 amide bonds. The summed E-state index contributed by atoms with van der Waals surface area (Å²) in [6.45, 7) is 46.3. The fourth-order valence-electron chi connectivity index (χ4n) is 20.5. The predicted octanol–water partition coefficient (Wildman–Crippen LogP) is 45.3. The topological polar surface area (TPSA) is 83.1 Å².